The Morgan fingerprint density at radius 1 is 1.26 bits per heavy atom. The van der Waals surface area contributed by atoms with Crippen LogP contribution in [-0.4, -0.2) is 61.8 Å². The lowest BCUT2D eigenvalue weighted by Gasteiger charge is -2.36. The number of carbonyl (C=O) groups is 1. The standard InChI is InChI=1S/C22H34FN5O2.HI/c1-15-12-18(15)26-20(24-5)25-14-16-6-7-19(17(23)13-16)27-8-10-28(11-9-27)21(29)30-22(2,3)4;/h6-7,13,15,18H,8-12,14H2,1-5H3,(H2,24,25,26);1H. The molecule has 1 amide bonds. The molecule has 2 unspecified atom stereocenters. The minimum atomic E-state index is -0.515. The fourth-order valence-corrected chi connectivity index (χ4v) is 3.45. The Bertz CT molecular complexity index is 791. The van der Waals surface area contributed by atoms with Crippen LogP contribution in [-0.2, 0) is 11.3 Å². The van der Waals surface area contributed by atoms with E-state index in [0.717, 1.165) is 17.9 Å². The molecule has 0 spiro atoms. The molecule has 31 heavy (non-hydrogen) atoms. The molecule has 7 nitrogen and oxygen atoms in total. The van der Waals surface area contributed by atoms with Gasteiger partial charge in [0.2, 0.25) is 0 Å². The molecule has 2 fully saturated rings. The lowest BCUT2D eigenvalue weighted by Crippen LogP contribution is -2.50. The summed E-state index contributed by atoms with van der Waals surface area (Å²) in [5.74, 6) is 1.17. The van der Waals surface area contributed by atoms with Gasteiger partial charge in [-0.25, -0.2) is 9.18 Å². The van der Waals surface area contributed by atoms with Crippen molar-refractivity contribution in [1.29, 1.82) is 0 Å². The first kappa shape index (κ1) is 25.5. The first-order chi connectivity index (χ1) is 14.2. The summed E-state index contributed by atoms with van der Waals surface area (Å²) >= 11 is 0. The molecular formula is C22H35FIN5O2. The number of anilines is 1. The van der Waals surface area contributed by atoms with Crippen molar-refractivity contribution in [1.82, 2.24) is 15.5 Å². The van der Waals surface area contributed by atoms with Crippen LogP contribution in [0.25, 0.3) is 0 Å². The van der Waals surface area contributed by atoms with Gasteiger partial charge in [0.25, 0.3) is 0 Å². The third-order valence-electron chi connectivity index (χ3n) is 5.40. The first-order valence-corrected chi connectivity index (χ1v) is 10.6. The Balaban J connectivity index is 0.00000341. The van der Waals surface area contributed by atoms with Gasteiger partial charge in [0, 0.05) is 45.8 Å². The van der Waals surface area contributed by atoms with Gasteiger partial charge in [0.05, 0.1) is 5.69 Å². The zero-order chi connectivity index (χ0) is 21.9. The second-order valence-corrected chi connectivity index (χ2v) is 9.13. The third-order valence-corrected chi connectivity index (χ3v) is 5.40. The van der Waals surface area contributed by atoms with Crippen molar-refractivity contribution in [2.24, 2.45) is 10.9 Å². The maximum Gasteiger partial charge on any atom is 0.410 e. The number of guanidine groups is 1. The van der Waals surface area contributed by atoms with E-state index in [4.69, 9.17) is 4.74 Å². The highest BCUT2D eigenvalue weighted by atomic mass is 127. The molecule has 174 valence electrons. The van der Waals surface area contributed by atoms with Crippen LogP contribution >= 0.6 is 24.0 Å². The van der Waals surface area contributed by atoms with Gasteiger partial charge in [0.1, 0.15) is 11.4 Å². The van der Waals surface area contributed by atoms with Crippen LogP contribution in [0.3, 0.4) is 0 Å². The number of hydrogen-bond donors (Lipinski definition) is 2. The average molecular weight is 547 g/mol. The maximum absolute atomic E-state index is 14.8. The average Bonchev–Trinajstić information content (AvgIpc) is 3.38. The Hall–Kier alpha value is -1.78. The van der Waals surface area contributed by atoms with Crippen LogP contribution < -0.4 is 15.5 Å². The number of amides is 1. The summed E-state index contributed by atoms with van der Waals surface area (Å²) in [4.78, 5) is 20.1. The minimum absolute atomic E-state index is 0. The molecule has 2 aliphatic rings. The number of benzene rings is 1. The van der Waals surface area contributed by atoms with E-state index in [2.05, 4.69) is 22.5 Å². The van der Waals surface area contributed by atoms with Crippen molar-refractivity contribution in [2.45, 2.75) is 52.3 Å². The van der Waals surface area contributed by atoms with E-state index in [1.54, 1.807) is 18.0 Å². The predicted octanol–water partition coefficient (Wildman–Crippen LogP) is 3.57. The number of hydrogen-bond acceptors (Lipinski definition) is 4. The van der Waals surface area contributed by atoms with E-state index >= 15 is 0 Å². The Morgan fingerprint density at radius 2 is 1.90 bits per heavy atom. The third kappa shape index (κ3) is 7.40. The van der Waals surface area contributed by atoms with Gasteiger partial charge in [-0.2, -0.15) is 0 Å². The van der Waals surface area contributed by atoms with Crippen LogP contribution in [0.4, 0.5) is 14.9 Å². The van der Waals surface area contributed by atoms with Crippen LogP contribution in [0.2, 0.25) is 0 Å². The summed E-state index contributed by atoms with van der Waals surface area (Å²) in [7, 11) is 1.74. The Kier molecular flexibility index (Phi) is 8.79. The van der Waals surface area contributed by atoms with Crippen LogP contribution in [0.5, 0.6) is 0 Å². The van der Waals surface area contributed by atoms with Crippen molar-refractivity contribution in [3.63, 3.8) is 0 Å². The molecule has 3 rings (SSSR count). The zero-order valence-corrected chi connectivity index (χ0v) is 21.4. The Labute approximate surface area is 201 Å². The SMILES string of the molecule is CN=C(NCc1ccc(N2CCN(C(=O)OC(C)(C)C)CC2)c(F)c1)NC1CC1C.I. The summed E-state index contributed by atoms with van der Waals surface area (Å²) in [6.45, 7) is 10.4. The number of halogens is 2. The normalized spacial score (nSPS) is 21.3. The minimum Gasteiger partial charge on any atom is -0.444 e. The summed E-state index contributed by atoms with van der Waals surface area (Å²) in [6, 6.07) is 5.79. The van der Waals surface area contributed by atoms with Gasteiger partial charge < -0.3 is 25.2 Å². The highest BCUT2D eigenvalue weighted by Crippen LogP contribution is 2.28. The number of ether oxygens (including phenoxy) is 1. The fourth-order valence-electron chi connectivity index (χ4n) is 3.45. The van der Waals surface area contributed by atoms with Gasteiger partial charge in [-0.05, 0) is 50.8 Å². The predicted molar refractivity (Wildman–Crippen MR) is 133 cm³/mol. The molecule has 1 saturated heterocycles. The first-order valence-electron chi connectivity index (χ1n) is 10.6. The molecular weight excluding hydrogens is 512 g/mol. The molecule has 2 atom stereocenters. The summed E-state index contributed by atoms with van der Waals surface area (Å²) in [6.07, 6.45) is 0.845. The van der Waals surface area contributed by atoms with Crippen LogP contribution in [0.1, 0.15) is 39.7 Å². The van der Waals surface area contributed by atoms with Crippen LogP contribution in [0.15, 0.2) is 23.2 Å². The number of nitrogens with zero attached hydrogens (tertiary/aromatic N) is 3. The topological polar surface area (TPSA) is 69.2 Å². The second kappa shape index (κ2) is 10.7. The fraction of sp³-hybridized carbons (Fsp3) is 0.636. The molecule has 1 aliphatic heterocycles. The number of aliphatic imine (C=N–C) groups is 1. The molecule has 0 aromatic heterocycles. The van der Waals surface area contributed by atoms with Crippen molar-refractivity contribution in [2.75, 3.05) is 38.1 Å². The summed E-state index contributed by atoms with van der Waals surface area (Å²) in [5, 5.41) is 6.60. The van der Waals surface area contributed by atoms with Crippen molar-refractivity contribution < 1.29 is 13.9 Å². The molecule has 1 aromatic carbocycles. The molecule has 0 bridgehead atoms. The number of rotatable bonds is 4. The smallest absolute Gasteiger partial charge is 0.410 e. The Morgan fingerprint density at radius 3 is 2.42 bits per heavy atom. The van der Waals surface area contributed by atoms with Gasteiger partial charge in [-0.1, -0.05) is 13.0 Å². The van der Waals surface area contributed by atoms with E-state index in [9.17, 15) is 9.18 Å². The quantitative estimate of drug-likeness (QED) is 0.343. The second-order valence-electron chi connectivity index (χ2n) is 9.13. The number of piperazine rings is 1. The number of carbonyl (C=O) groups excluding carboxylic acids is 1. The molecule has 9 heteroatoms. The van der Waals surface area contributed by atoms with Crippen molar-refractivity contribution >= 4 is 41.7 Å². The monoisotopic (exact) mass is 547 g/mol. The summed E-state index contributed by atoms with van der Waals surface area (Å²) < 4.78 is 20.2. The van der Waals surface area contributed by atoms with Crippen molar-refractivity contribution in [3.8, 4) is 0 Å². The van der Waals surface area contributed by atoms with Gasteiger partial charge >= 0.3 is 6.09 Å². The lowest BCUT2D eigenvalue weighted by molar-refractivity contribution is 0.0240. The molecule has 2 N–H and O–H groups in total. The van der Waals surface area contributed by atoms with Gasteiger partial charge in [-0.3, -0.25) is 4.99 Å². The van der Waals surface area contributed by atoms with E-state index in [0.29, 0.717) is 50.4 Å². The van der Waals surface area contributed by atoms with Crippen molar-refractivity contribution in [3.05, 3.63) is 29.6 Å². The molecule has 1 aromatic rings. The maximum atomic E-state index is 14.8. The molecule has 1 heterocycles. The van der Waals surface area contributed by atoms with E-state index in [1.807, 2.05) is 37.8 Å². The molecule has 0 radical (unpaired) electrons. The van der Waals surface area contributed by atoms with Gasteiger partial charge in [0.15, 0.2) is 5.96 Å². The molecule has 1 aliphatic carbocycles. The number of nitrogens with one attached hydrogen (secondary N) is 2. The van der Waals surface area contributed by atoms with Gasteiger partial charge in [-0.15, -0.1) is 24.0 Å². The zero-order valence-electron chi connectivity index (χ0n) is 19.1. The highest BCUT2D eigenvalue weighted by molar-refractivity contribution is 14.0. The highest BCUT2D eigenvalue weighted by Gasteiger charge is 2.33. The molecule has 1 saturated carbocycles. The lowest BCUT2D eigenvalue weighted by atomic mass is 10.1. The van der Waals surface area contributed by atoms with E-state index in [-0.39, 0.29) is 35.9 Å². The van der Waals surface area contributed by atoms with E-state index < -0.39 is 5.60 Å². The summed E-state index contributed by atoms with van der Waals surface area (Å²) in [5.41, 5.74) is 0.909. The van der Waals surface area contributed by atoms with Crippen LogP contribution in [0, 0.1) is 11.7 Å². The largest absolute Gasteiger partial charge is 0.444 e. The van der Waals surface area contributed by atoms with E-state index in [1.165, 1.54) is 0 Å².